The fourth-order valence-electron chi connectivity index (χ4n) is 5.26. The molecule has 1 heterocycles. The lowest BCUT2D eigenvalue weighted by molar-refractivity contribution is -0.149. The summed E-state index contributed by atoms with van der Waals surface area (Å²) in [5, 5.41) is 5.43. The number of hydrogen-bond donors (Lipinski definition) is 2. The van der Waals surface area contributed by atoms with Gasteiger partial charge in [-0.15, -0.1) is 0 Å². The molecule has 0 radical (unpaired) electrons. The molecule has 9 heteroatoms. The van der Waals surface area contributed by atoms with Crippen LogP contribution in [0.2, 0.25) is 0 Å². The minimum absolute atomic E-state index is 0.0904. The van der Waals surface area contributed by atoms with E-state index in [1.54, 1.807) is 13.0 Å². The third kappa shape index (κ3) is 7.96. The summed E-state index contributed by atoms with van der Waals surface area (Å²) >= 11 is 0. The van der Waals surface area contributed by atoms with Crippen LogP contribution in [-0.2, 0) is 9.53 Å². The molecule has 2 aromatic rings. The van der Waals surface area contributed by atoms with Gasteiger partial charge in [-0.25, -0.2) is 4.39 Å². The number of nitrogens with one attached hydrogen (secondary N) is 2. The first-order valence-electron chi connectivity index (χ1n) is 14.4. The molecular weight excluding hydrogens is 513 g/mol. The van der Waals surface area contributed by atoms with Gasteiger partial charge < -0.3 is 25.0 Å². The summed E-state index contributed by atoms with van der Waals surface area (Å²) in [6.45, 7) is 6.88. The van der Waals surface area contributed by atoms with Gasteiger partial charge in [0.25, 0.3) is 11.8 Å². The quantitative estimate of drug-likeness (QED) is 0.326. The van der Waals surface area contributed by atoms with E-state index in [0.717, 1.165) is 24.7 Å². The molecule has 0 atom stereocenters. The average Bonchev–Trinajstić information content (AvgIpc) is 2.96. The molecule has 216 valence electrons. The van der Waals surface area contributed by atoms with Crippen molar-refractivity contribution < 1.29 is 28.2 Å². The molecule has 8 nitrogen and oxygen atoms in total. The molecule has 1 saturated heterocycles. The molecule has 4 rings (SSSR count). The van der Waals surface area contributed by atoms with Crippen LogP contribution in [0.25, 0.3) is 0 Å². The number of benzene rings is 2. The van der Waals surface area contributed by atoms with Gasteiger partial charge in [0.15, 0.2) is 0 Å². The molecular formula is C31H40FN3O5. The number of esters is 1. The summed E-state index contributed by atoms with van der Waals surface area (Å²) in [5.74, 6) is -0.636. The number of carbonyl (C=O) groups is 3. The molecule has 40 heavy (non-hydrogen) atoms. The Morgan fingerprint density at radius 3 is 2.17 bits per heavy atom. The minimum atomic E-state index is -0.678. The Balaban J connectivity index is 1.17. The van der Waals surface area contributed by atoms with E-state index in [4.69, 9.17) is 9.47 Å². The van der Waals surface area contributed by atoms with Gasteiger partial charge in [0.1, 0.15) is 11.6 Å². The Kier molecular flexibility index (Phi) is 10.4. The van der Waals surface area contributed by atoms with E-state index in [-0.39, 0.29) is 42.6 Å². The number of rotatable bonds is 10. The van der Waals surface area contributed by atoms with E-state index < -0.39 is 11.7 Å². The highest BCUT2D eigenvalue weighted by Crippen LogP contribution is 2.29. The first kappa shape index (κ1) is 29.4. The van der Waals surface area contributed by atoms with Gasteiger partial charge in [-0.1, -0.05) is 6.92 Å². The maximum Gasteiger partial charge on any atom is 0.308 e. The first-order valence-corrected chi connectivity index (χ1v) is 14.4. The molecule has 0 unspecified atom stereocenters. The summed E-state index contributed by atoms with van der Waals surface area (Å²) < 4.78 is 25.7. The van der Waals surface area contributed by atoms with Crippen LogP contribution in [0.4, 0.5) is 10.1 Å². The van der Waals surface area contributed by atoms with Crippen molar-refractivity contribution in [1.29, 1.82) is 0 Å². The van der Waals surface area contributed by atoms with Crippen LogP contribution >= 0.6 is 0 Å². The van der Waals surface area contributed by atoms with Crippen molar-refractivity contribution in [2.75, 3.05) is 37.7 Å². The van der Waals surface area contributed by atoms with Crippen LogP contribution in [0.1, 0.15) is 73.1 Å². The number of halogens is 1. The van der Waals surface area contributed by atoms with E-state index in [1.807, 2.05) is 24.3 Å². The summed E-state index contributed by atoms with van der Waals surface area (Å²) in [6, 6.07) is 11.7. The molecule has 2 amide bonds. The third-order valence-corrected chi connectivity index (χ3v) is 7.76. The number of carbonyl (C=O) groups excluding carboxylic acids is 3. The van der Waals surface area contributed by atoms with Crippen LogP contribution < -0.4 is 20.3 Å². The zero-order chi connectivity index (χ0) is 28.5. The molecule has 2 fully saturated rings. The van der Waals surface area contributed by atoms with Gasteiger partial charge in [-0.2, -0.15) is 0 Å². The first-order chi connectivity index (χ1) is 19.3. The summed E-state index contributed by atoms with van der Waals surface area (Å²) in [6.07, 6.45) is 4.95. The number of nitrogens with zero attached hydrogens (tertiary/aromatic N) is 1. The third-order valence-electron chi connectivity index (χ3n) is 7.76. The molecule has 1 saturated carbocycles. The predicted molar refractivity (Wildman–Crippen MR) is 151 cm³/mol. The van der Waals surface area contributed by atoms with Gasteiger partial charge in [0, 0.05) is 43.5 Å². The monoisotopic (exact) mass is 553 g/mol. The molecule has 0 spiro atoms. The molecule has 0 aromatic heterocycles. The van der Waals surface area contributed by atoms with Crippen molar-refractivity contribution in [1.82, 2.24) is 10.6 Å². The smallest absolute Gasteiger partial charge is 0.308 e. The van der Waals surface area contributed by atoms with E-state index >= 15 is 0 Å². The Morgan fingerprint density at radius 2 is 1.55 bits per heavy atom. The highest BCUT2D eigenvalue weighted by atomic mass is 19.1. The van der Waals surface area contributed by atoms with Crippen molar-refractivity contribution in [3.8, 4) is 5.75 Å². The number of ether oxygens (including phenoxy) is 2. The fraction of sp³-hybridized carbons (Fsp3) is 0.516. The zero-order valence-electron chi connectivity index (χ0n) is 23.4. The van der Waals surface area contributed by atoms with Crippen molar-refractivity contribution in [3.63, 3.8) is 0 Å². The predicted octanol–water partition coefficient (Wildman–Crippen LogP) is 4.72. The highest BCUT2D eigenvalue weighted by Gasteiger charge is 2.28. The molecule has 1 aliphatic carbocycles. The number of piperidine rings is 1. The lowest BCUT2D eigenvalue weighted by Crippen LogP contribution is -2.35. The molecule has 2 N–H and O–H groups in total. The minimum Gasteiger partial charge on any atom is -0.490 e. The van der Waals surface area contributed by atoms with E-state index in [0.29, 0.717) is 43.6 Å². The Labute approximate surface area is 235 Å². The lowest BCUT2D eigenvalue weighted by Gasteiger charge is -2.32. The fourth-order valence-corrected chi connectivity index (χ4v) is 5.26. The maximum absolute atomic E-state index is 14.7. The largest absolute Gasteiger partial charge is 0.490 e. The standard InChI is InChI=1S/C31H40FN3O5/c1-3-39-31(38)23-6-10-25(11-7-23)40-26-12-13-27(28(32)20-26)30(37)34-17-16-33-29(36)22-4-8-24(9-5-22)35-18-14-21(2)15-19-35/h4-5,8-9,12-13,20-21,23,25H,3,6-7,10-11,14-19H2,1-2H3,(H,33,36)(H,34,37)/t23-,25+. The zero-order valence-corrected chi connectivity index (χ0v) is 23.4. The van der Waals surface area contributed by atoms with Gasteiger partial charge in [0.05, 0.1) is 24.2 Å². The summed E-state index contributed by atoms with van der Waals surface area (Å²) in [5.41, 5.74) is 1.58. The van der Waals surface area contributed by atoms with Crippen molar-refractivity contribution in [2.24, 2.45) is 11.8 Å². The van der Waals surface area contributed by atoms with Crippen LogP contribution in [0.5, 0.6) is 5.75 Å². The second-order valence-corrected chi connectivity index (χ2v) is 10.7. The Hall–Kier alpha value is -3.62. The molecule has 1 aliphatic heterocycles. The normalized spacial score (nSPS) is 19.5. The molecule has 0 bridgehead atoms. The van der Waals surface area contributed by atoms with Gasteiger partial charge >= 0.3 is 5.97 Å². The van der Waals surface area contributed by atoms with Crippen LogP contribution in [0.3, 0.4) is 0 Å². The highest BCUT2D eigenvalue weighted by molar-refractivity contribution is 5.95. The van der Waals surface area contributed by atoms with Gasteiger partial charge in [-0.05, 0) is 87.8 Å². The van der Waals surface area contributed by atoms with E-state index in [2.05, 4.69) is 22.5 Å². The van der Waals surface area contributed by atoms with E-state index in [9.17, 15) is 18.8 Å². The SMILES string of the molecule is CCOC(=O)[C@H]1CC[C@@H](Oc2ccc(C(=O)NCCNC(=O)c3ccc(N4CCC(C)CC4)cc3)c(F)c2)CC1. The Morgan fingerprint density at radius 1 is 0.900 bits per heavy atom. The van der Waals surface area contributed by atoms with Gasteiger partial charge in [0.2, 0.25) is 0 Å². The van der Waals surface area contributed by atoms with Gasteiger partial charge in [-0.3, -0.25) is 14.4 Å². The number of amides is 2. The molecule has 2 aliphatic rings. The van der Waals surface area contributed by atoms with Crippen LogP contribution in [0, 0.1) is 17.7 Å². The summed E-state index contributed by atoms with van der Waals surface area (Å²) in [4.78, 5) is 39.2. The second-order valence-electron chi connectivity index (χ2n) is 10.7. The maximum atomic E-state index is 14.7. The second kappa shape index (κ2) is 14.1. The van der Waals surface area contributed by atoms with Crippen LogP contribution in [0.15, 0.2) is 42.5 Å². The molecule has 2 aromatic carbocycles. The van der Waals surface area contributed by atoms with Crippen LogP contribution in [-0.4, -0.2) is 56.7 Å². The number of anilines is 1. The topological polar surface area (TPSA) is 97.0 Å². The van der Waals surface area contributed by atoms with Crippen molar-refractivity contribution in [3.05, 3.63) is 59.4 Å². The van der Waals surface area contributed by atoms with Crippen molar-refractivity contribution >= 4 is 23.5 Å². The Bertz CT molecular complexity index is 1160. The van der Waals surface area contributed by atoms with E-state index in [1.165, 1.54) is 25.0 Å². The summed E-state index contributed by atoms with van der Waals surface area (Å²) in [7, 11) is 0. The number of hydrogen-bond acceptors (Lipinski definition) is 6. The van der Waals surface area contributed by atoms with Crippen molar-refractivity contribution in [2.45, 2.75) is 58.5 Å². The average molecular weight is 554 g/mol. The lowest BCUT2D eigenvalue weighted by atomic mass is 9.87.